The highest BCUT2D eigenvalue weighted by Crippen LogP contribution is 2.23. The van der Waals surface area contributed by atoms with Gasteiger partial charge in [-0.25, -0.2) is 9.97 Å². The Balaban J connectivity index is 2.39. The zero-order valence-electron chi connectivity index (χ0n) is 9.05. The van der Waals surface area contributed by atoms with Crippen molar-refractivity contribution in [3.05, 3.63) is 40.1 Å². The first-order chi connectivity index (χ1) is 7.59. The van der Waals surface area contributed by atoms with Gasteiger partial charge in [0.05, 0.1) is 16.4 Å². The van der Waals surface area contributed by atoms with Crippen LogP contribution in [0.3, 0.4) is 0 Å². The van der Waals surface area contributed by atoms with Gasteiger partial charge in [-0.05, 0) is 28.4 Å². The largest absolute Gasteiger partial charge is 0.316 e. The van der Waals surface area contributed by atoms with Gasteiger partial charge in [-0.3, -0.25) is 4.68 Å². The molecule has 2 rings (SSSR count). The summed E-state index contributed by atoms with van der Waals surface area (Å²) in [6.07, 6.45) is 5.22. The van der Waals surface area contributed by atoms with E-state index in [-0.39, 0.29) is 6.04 Å². The van der Waals surface area contributed by atoms with E-state index in [9.17, 15) is 0 Å². The molecule has 0 aliphatic carbocycles. The lowest BCUT2D eigenvalue weighted by Crippen LogP contribution is -2.19. The first-order valence-electron chi connectivity index (χ1n) is 4.81. The smallest absolute Gasteiger partial charge is 0.151 e. The maximum absolute atomic E-state index is 6.10. The Bertz CT molecular complexity index is 471. The topological polar surface area (TPSA) is 69.6 Å². The summed E-state index contributed by atoms with van der Waals surface area (Å²) < 4.78 is 2.59. The van der Waals surface area contributed by atoms with Crippen molar-refractivity contribution >= 4 is 15.9 Å². The van der Waals surface area contributed by atoms with Gasteiger partial charge in [0.1, 0.15) is 6.04 Å². The van der Waals surface area contributed by atoms with Gasteiger partial charge in [-0.15, -0.1) is 0 Å². The van der Waals surface area contributed by atoms with Crippen LogP contribution >= 0.6 is 15.9 Å². The van der Waals surface area contributed by atoms with Crippen LogP contribution in [0.1, 0.15) is 23.1 Å². The van der Waals surface area contributed by atoms with Crippen molar-refractivity contribution in [2.45, 2.75) is 13.0 Å². The average molecular weight is 282 g/mol. The fourth-order valence-corrected chi connectivity index (χ4v) is 2.05. The third kappa shape index (κ3) is 1.98. The Morgan fingerprint density at radius 2 is 1.94 bits per heavy atom. The summed E-state index contributed by atoms with van der Waals surface area (Å²) in [4.78, 5) is 8.44. The van der Waals surface area contributed by atoms with Gasteiger partial charge in [0.25, 0.3) is 0 Å². The van der Waals surface area contributed by atoms with E-state index in [4.69, 9.17) is 5.73 Å². The summed E-state index contributed by atoms with van der Waals surface area (Å²) >= 11 is 3.41. The van der Waals surface area contributed by atoms with E-state index in [1.165, 1.54) is 0 Å². The summed E-state index contributed by atoms with van der Waals surface area (Å²) in [5.74, 6) is 0.593. The number of nitrogens with two attached hydrogens (primary N) is 1. The maximum atomic E-state index is 6.10. The van der Waals surface area contributed by atoms with Crippen LogP contribution in [-0.4, -0.2) is 19.7 Å². The second-order valence-electron chi connectivity index (χ2n) is 3.60. The van der Waals surface area contributed by atoms with Crippen LogP contribution in [0.25, 0.3) is 0 Å². The highest BCUT2D eigenvalue weighted by molar-refractivity contribution is 9.10. The lowest BCUT2D eigenvalue weighted by atomic mass is 10.2. The molecule has 0 aliphatic rings. The van der Waals surface area contributed by atoms with Crippen molar-refractivity contribution in [3.63, 3.8) is 0 Å². The highest BCUT2D eigenvalue weighted by Gasteiger charge is 2.18. The first-order valence-corrected chi connectivity index (χ1v) is 5.60. The van der Waals surface area contributed by atoms with Crippen molar-refractivity contribution in [1.29, 1.82) is 0 Å². The van der Waals surface area contributed by atoms with E-state index < -0.39 is 0 Å². The monoisotopic (exact) mass is 281 g/mol. The Kier molecular flexibility index (Phi) is 3.02. The molecular formula is C10H12BrN5. The minimum atomic E-state index is -0.373. The summed E-state index contributed by atoms with van der Waals surface area (Å²) in [6, 6.07) is -0.373. The molecule has 2 aromatic rings. The molecule has 1 atom stereocenters. The van der Waals surface area contributed by atoms with Crippen LogP contribution in [0.2, 0.25) is 0 Å². The van der Waals surface area contributed by atoms with Gasteiger partial charge in [-0.1, -0.05) is 0 Å². The molecule has 2 aromatic heterocycles. The van der Waals surface area contributed by atoms with Crippen LogP contribution in [0.4, 0.5) is 0 Å². The predicted molar refractivity (Wildman–Crippen MR) is 63.7 cm³/mol. The molecule has 0 aliphatic heterocycles. The van der Waals surface area contributed by atoms with Crippen LogP contribution in [0, 0.1) is 6.92 Å². The first kappa shape index (κ1) is 11.2. The molecule has 0 amide bonds. The van der Waals surface area contributed by atoms with Gasteiger partial charge in [0, 0.05) is 19.4 Å². The Hall–Kier alpha value is -1.27. The number of rotatable bonds is 2. The van der Waals surface area contributed by atoms with E-state index in [1.54, 1.807) is 23.3 Å². The maximum Gasteiger partial charge on any atom is 0.151 e. The lowest BCUT2D eigenvalue weighted by molar-refractivity contribution is 0.648. The Morgan fingerprint density at radius 1 is 1.31 bits per heavy atom. The molecule has 16 heavy (non-hydrogen) atoms. The molecule has 0 aromatic carbocycles. The third-order valence-electron chi connectivity index (χ3n) is 2.31. The summed E-state index contributed by atoms with van der Waals surface area (Å²) in [6.45, 7) is 1.94. The van der Waals surface area contributed by atoms with E-state index in [0.29, 0.717) is 5.82 Å². The normalized spacial score (nSPS) is 12.8. The standard InChI is InChI=1S/C10H12BrN5/c1-6-3-13-10(14-4-6)8(12)9-7(11)5-15-16(9)2/h3-5,8H,12H2,1-2H3. The molecule has 5 nitrogen and oxygen atoms in total. The lowest BCUT2D eigenvalue weighted by Gasteiger charge is -2.11. The SMILES string of the molecule is Cc1cnc(C(N)c2c(Br)cnn2C)nc1. The Morgan fingerprint density at radius 3 is 2.44 bits per heavy atom. The molecule has 2 N–H and O–H groups in total. The number of hydrogen-bond donors (Lipinski definition) is 1. The predicted octanol–water partition coefficient (Wildman–Crippen LogP) is 1.33. The molecule has 1 unspecified atom stereocenters. The van der Waals surface area contributed by atoms with E-state index in [2.05, 4.69) is 31.0 Å². The average Bonchev–Trinajstić information content (AvgIpc) is 2.59. The van der Waals surface area contributed by atoms with Crippen molar-refractivity contribution in [2.75, 3.05) is 0 Å². The fraction of sp³-hybridized carbons (Fsp3) is 0.300. The number of nitrogens with zero attached hydrogens (tertiary/aromatic N) is 4. The van der Waals surface area contributed by atoms with E-state index >= 15 is 0 Å². The molecule has 0 bridgehead atoms. The summed E-state index contributed by atoms with van der Waals surface area (Å²) in [7, 11) is 1.84. The molecule has 0 spiro atoms. The zero-order chi connectivity index (χ0) is 11.7. The highest BCUT2D eigenvalue weighted by atomic mass is 79.9. The number of halogens is 1. The van der Waals surface area contributed by atoms with Gasteiger partial charge in [0.2, 0.25) is 0 Å². The van der Waals surface area contributed by atoms with Gasteiger partial charge >= 0.3 is 0 Å². The molecule has 0 saturated heterocycles. The summed E-state index contributed by atoms with van der Waals surface area (Å²) in [5.41, 5.74) is 7.98. The molecular weight excluding hydrogens is 270 g/mol. The molecule has 0 fully saturated rings. The van der Waals surface area contributed by atoms with Crippen molar-refractivity contribution < 1.29 is 0 Å². The van der Waals surface area contributed by atoms with Crippen molar-refractivity contribution in [2.24, 2.45) is 12.8 Å². The van der Waals surface area contributed by atoms with Gasteiger partial charge in [0.15, 0.2) is 5.82 Å². The van der Waals surface area contributed by atoms with Gasteiger partial charge in [-0.2, -0.15) is 5.10 Å². The second-order valence-corrected chi connectivity index (χ2v) is 4.45. The van der Waals surface area contributed by atoms with Crippen LogP contribution in [0.15, 0.2) is 23.1 Å². The van der Waals surface area contributed by atoms with Gasteiger partial charge < -0.3 is 5.73 Å². The second kappa shape index (κ2) is 4.31. The molecule has 2 heterocycles. The molecule has 6 heteroatoms. The Labute approximate surface area is 102 Å². The quantitative estimate of drug-likeness (QED) is 0.902. The minimum Gasteiger partial charge on any atom is -0.316 e. The van der Waals surface area contributed by atoms with Crippen molar-refractivity contribution in [1.82, 2.24) is 19.7 Å². The fourth-order valence-electron chi connectivity index (χ4n) is 1.46. The van der Waals surface area contributed by atoms with Crippen molar-refractivity contribution in [3.8, 4) is 0 Å². The van der Waals surface area contributed by atoms with E-state index in [1.807, 2.05) is 14.0 Å². The summed E-state index contributed by atoms with van der Waals surface area (Å²) in [5, 5.41) is 4.11. The van der Waals surface area contributed by atoms with E-state index in [0.717, 1.165) is 15.7 Å². The van der Waals surface area contributed by atoms with Crippen LogP contribution in [-0.2, 0) is 7.05 Å². The van der Waals surface area contributed by atoms with Crippen LogP contribution < -0.4 is 5.73 Å². The van der Waals surface area contributed by atoms with Crippen LogP contribution in [0.5, 0.6) is 0 Å². The molecule has 84 valence electrons. The molecule has 0 saturated carbocycles. The zero-order valence-corrected chi connectivity index (χ0v) is 10.6. The third-order valence-corrected chi connectivity index (χ3v) is 2.92. The number of hydrogen-bond acceptors (Lipinski definition) is 4. The number of aryl methyl sites for hydroxylation is 2. The number of aromatic nitrogens is 4. The molecule has 0 radical (unpaired) electrons. The minimum absolute atomic E-state index is 0.373.